The predicted octanol–water partition coefficient (Wildman–Crippen LogP) is 4.73. The van der Waals surface area contributed by atoms with Crippen LogP contribution in [0.15, 0.2) is 76.1 Å². The number of benzene rings is 3. The van der Waals surface area contributed by atoms with Gasteiger partial charge in [0.25, 0.3) is 10.0 Å². The van der Waals surface area contributed by atoms with Gasteiger partial charge >= 0.3 is 0 Å². The van der Waals surface area contributed by atoms with E-state index >= 15 is 0 Å². The Morgan fingerprint density at radius 3 is 2.22 bits per heavy atom. The average Bonchev–Trinajstić information content (AvgIpc) is 2.86. The van der Waals surface area contributed by atoms with Crippen LogP contribution >= 0.6 is 15.9 Å². The molecule has 0 saturated carbocycles. The Labute approximate surface area is 227 Å². The fourth-order valence-electron chi connectivity index (χ4n) is 3.96. The van der Waals surface area contributed by atoms with Gasteiger partial charge in [0.1, 0.15) is 12.6 Å². The smallest absolute Gasteiger partial charge is 0.264 e. The van der Waals surface area contributed by atoms with Gasteiger partial charge in [-0.25, -0.2) is 8.42 Å². The number of sulfonamides is 1. The fourth-order valence-corrected chi connectivity index (χ4v) is 5.88. The van der Waals surface area contributed by atoms with Crippen LogP contribution < -0.4 is 9.62 Å². The van der Waals surface area contributed by atoms with Gasteiger partial charge in [0.2, 0.25) is 11.8 Å². The lowest BCUT2D eigenvalue weighted by Gasteiger charge is -2.32. The first kappa shape index (κ1) is 28.4. The third kappa shape index (κ3) is 6.78. The molecule has 0 unspecified atom stereocenters. The van der Waals surface area contributed by atoms with E-state index in [0.29, 0.717) is 11.3 Å². The lowest BCUT2D eigenvalue weighted by Crippen LogP contribution is -2.50. The van der Waals surface area contributed by atoms with Crippen molar-refractivity contribution in [2.24, 2.45) is 0 Å². The van der Waals surface area contributed by atoms with Crippen molar-refractivity contribution in [3.05, 3.63) is 93.5 Å². The zero-order chi connectivity index (χ0) is 27.3. The summed E-state index contributed by atoms with van der Waals surface area (Å²) in [5.41, 5.74) is 3.73. The number of aryl methyl sites for hydroxylation is 3. The van der Waals surface area contributed by atoms with Gasteiger partial charge in [-0.15, -0.1) is 0 Å². The third-order valence-corrected chi connectivity index (χ3v) is 8.44. The quantitative estimate of drug-likeness (QED) is 0.393. The normalized spacial score (nSPS) is 12.1. The molecule has 3 aromatic carbocycles. The first-order chi connectivity index (χ1) is 17.4. The van der Waals surface area contributed by atoms with Crippen molar-refractivity contribution in [3.63, 3.8) is 0 Å². The highest BCUT2D eigenvalue weighted by Gasteiger charge is 2.33. The van der Waals surface area contributed by atoms with Crippen LogP contribution in [0.2, 0.25) is 0 Å². The second-order valence-corrected chi connectivity index (χ2v) is 11.8. The van der Waals surface area contributed by atoms with Crippen LogP contribution in [0.4, 0.5) is 5.69 Å². The van der Waals surface area contributed by atoms with E-state index in [1.807, 2.05) is 57.2 Å². The predicted molar refractivity (Wildman–Crippen MR) is 150 cm³/mol. The molecule has 0 aromatic heterocycles. The van der Waals surface area contributed by atoms with E-state index in [2.05, 4.69) is 21.2 Å². The molecule has 0 aliphatic rings. The van der Waals surface area contributed by atoms with E-state index in [0.717, 1.165) is 25.5 Å². The molecule has 0 radical (unpaired) electrons. The van der Waals surface area contributed by atoms with Crippen LogP contribution in [0.1, 0.15) is 29.2 Å². The number of anilines is 1. The van der Waals surface area contributed by atoms with Gasteiger partial charge < -0.3 is 10.2 Å². The highest BCUT2D eigenvalue weighted by atomic mass is 79.9. The molecule has 0 fully saturated rings. The van der Waals surface area contributed by atoms with Crippen LogP contribution in [0.25, 0.3) is 0 Å². The standard InChI is InChI=1S/C28H32BrN3O4S/c1-19-10-13-25(14-11-19)37(35,36)32(26-15-20(2)9-12-21(26)3)18-27(33)31(22(4)28(34)30-5)17-23-7-6-8-24(29)16-23/h6-16,22H,17-18H2,1-5H3,(H,30,34)/t22-/m0/s1. The van der Waals surface area contributed by atoms with E-state index < -0.39 is 28.5 Å². The van der Waals surface area contributed by atoms with Crippen LogP contribution in [0, 0.1) is 20.8 Å². The Kier molecular flexibility index (Phi) is 9.15. The van der Waals surface area contributed by atoms with Crippen LogP contribution in [0.3, 0.4) is 0 Å². The molecule has 7 nitrogen and oxygen atoms in total. The van der Waals surface area contributed by atoms with Crippen molar-refractivity contribution in [2.75, 3.05) is 17.9 Å². The summed E-state index contributed by atoms with van der Waals surface area (Å²) in [5, 5.41) is 2.59. The Morgan fingerprint density at radius 1 is 0.946 bits per heavy atom. The van der Waals surface area contributed by atoms with Crippen molar-refractivity contribution in [1.82, 2.24) is 10.2 Å². The first-order valence-electron chi connectivity index (χ1n) is 11.9. The Morgan fingerprint density at radius 2 is 1.59 bits per heavy atom. The van der Waals surface area contributed by atoms with Crippen molar-refractivity contribution < 1.29 is 18.0 Å². The van der Waals surface area contributed by atoms with Crippen LogP contribution in [0.5, 0.6) is 0 Å². The molecule has 0 bridgehead atoms. The minimum Gasteiger partial charge on any atom is -0.357 e. The molecular weight excluding hydrogens is 554 g/mol. The SMILES string of the molecule is CNC(=O)[C@H](C)N(Cc1cccc(Br)c1)C(=O)CN(c1cc(C)ccc1C)S(=O)(=O)c1ccc(C)cc1. The summed E-state index contributed by atoms with van der Waals surface area (Å²) in [5.74, 6) is -0.837. The Hall–Kier alpha value is -3.17. The lowest BCUT2D eigenvalue weighted by atomic mass is 10.1. The summed E-state index contributed by atoms with van der Waals surface area (Å²) in [6.07, 6.45) is 0. The summed E-state index contributed by atoms with van der Waals surface area (Å²) in [7, 11) is -2.59. The number of nitrogens with one attached hydrogen (secondary N) is 1. The number of halogens is 1. The summed E-state index contributed by atoms with van der Waals surface area (Å²) in [6.45, 7) is 6.86. The molecular formula is C28H32BrN3O4S. The van der Waals surface area contributed by atoms with Gasteiger partial charge in [-0.3, -0.25) is 13.9 Å². The number of amides is 2. The topological polar surface area (TPSA) is 86.8 Å². The summed E-state index contributed by atoms with van der Waals surface area (Å²) in [4.78, 5) is 27.9. The average molecular weight is 587 g/mol. The maximum Gasteiger partial charge on any atom is 0.264 e. The molecule has 3 aromatic rings. The maximum atomic E-state index is 13.9. The zero-order valence-corrected chi connectivity index (χ0v) is 24.1. The largest absolute Gasteiger partial charge is 0.357 e. The van der Waals surface area contributed by atoms with Gasteiger partial charge in [0.05, 0.1) is 10.6 Å². The molecule has 37 heavy (non-hydrogen) atoms. The molecule has 3 rings (SSSR count). The van der Waals surface area contributed by atoms with Crippen LogP contribution in [-0.4, -0.2) is 44.8 Å². The van der Waals surface area contributed by atoms with Gasteiger partial charge in [-0.05, 0) is 74.7 Å². The highest BCUT2D eigenvalue weighted by Crippen LogP contribution is 2.29. The molecule has 1 atom stereocenters. The minimum absolute atomic E-state index is 0.0877. The monoisotopic (exact) mass is 585 g/mol. The van der Waals surface area contributed by atoms with Gasteiger partial charge in [-0.1, -0.05) is 57.9 Å². The number of hydrogen-bond donors (Lipinski definition) is 1. The number of hydrogen-bond acceptors (Lipinski definition) is 4. The number of carbonyl (C=O) groups is 2. The number of likely N-dealkylation sites (N-methyl/N-ethyl adjacent to an activating group) is 1. The first-order valence-corrected chi connectivity index (χ1v) is 14.1. The van der Waals surface area contributed by atoms with E-state index in [1.165, 1.54) is 11.9 Å². The molecule has 0 aliphatic carbocycles. The van der Waals surface area contributed by atoms with E-state index in [-0.39, 0.29) is 17.3 Å². The van der Waals surface area contributed by atoms with Crippen molar-refractivity contribution in [3.8, 4) is 0 Å². The van der Waals surface area contributed by atoms with E-state index in [1.54, 1.807) is 37.3 Å². The van der Waals surface area contributed by atoms with Crippen molar-refractivity contribution in [2.45, 2.75) is 45.2 Å². The van der Waals surface area contributed by atoms with Crippen molar-refractivity contribution >= 4 is 43.5 Å². The number of nitrogens with zero attached hydrogens (tertiary/aromatic N) is 2. The Balaban J connectivity index is 2.08. The number of rotatable bonds is 9. The molecule has 0 spiro atoms. The van der Waals surface area contributed by atoms with Crippen LogP contribution in [-0.2, 0) is 26.2 Å². The fraction of sp³-hybridized carbons (Fsp3) is 0.286. The summed E-state index contributed by atoms with van der Waals surface area (Å²) < 4.78 is 29.8. The molecule has 2 amide bonds. The number of carbonyl (C=O) groups excluding carboxylic acids is 2. The van der Waals surface area contributed by atoms with Crippen molar-refractivity contribution in [1.29, 1.82) is 0 Å². The second kappa shape index (κ2) is 11.9. The zero-order valence-electron chi connectivity index (χ0n) is 21.7. The Bertz CT molecular complexity index is 1390. The van der Waals surface area contributed by atoms with E-state index in [9.17, 15) is 18.0 Å². The second-order valence-electron chi connectivity index (χ2n) is 9.06. The molecule has 1 N–H and O–H groups in total. The minimum atomic E-state index is -4.09. The van der Waals surface area contributed by atoms with Gasteiger partial charge in [-0.2, -0.15) is 0 Å². The summed E-state index contributed by atoms with van der Waals surface area (Å²) in [6, 6.07) is 18.6. The molecule has 0 saturated heterocycles. The maximum absolute atomic E-state index is 13.9. The lowest BCUT2D eigenvalue weighted by molar-refractivity contribution is -0.139. The molecule has 0 heterocycles. The third-order valence-electron chi connectivity index (χ3n) is 6.18. The van der Waals surface area contributed by atoms with Gasteiger partial charge in [0.15, 0.2) is 0 Å². The summed E-state index contributed by atoms with van der Waals surface area (Å²) >= 11 is 3.44. The van der Waals surface area contributed by atoms with Gasteiger partial charge in [0, 0.05) is 18.1 Å². The molecule has 196 valence electrons. The highest BCUT2D eigenvalue weighted by molar-refractivity contribution is 9.10. The van der Waals surface area contributed by atoms with E-state index in [4.69, 9.17) is 0 Å². The molecule has 0 aliphatic heterocycles. The molecule has 9 heteroatoms.